The molecule has 0 aliphatic carbocycles. The van der Waals surface area contributed by atoms with Crippen LogP contribution >= 0.6 is 11.3 Å². The molecule has 0 fully saturated rings. The quantitative estimate of drug-likeness (QED) is 0.494. The summed E-state index contributed by atoms with van der Waals surface area (Å²) in [5.74, 6) is 0. The molecule has 0 saturated carbocycles. The fourth-order valence-electron chi connectivity index (χ4n) is 2.09. The van der Waals surface area contributed by atoms with E-state index in [9.17, 15) is 23.3 Å². The van der Waals surface area contributed by atoms with Gasteiger partial charge in [0.1, 0.15) is 4.21 Å². The third-order valence-corrected chi connectivity index (χ3v) is 6.50. The molecule has 2 N–H and O–H groups in total. The van der Waals surface area contributed by atoms with Gasteiger partial charge >= 0.3 is 6.03 Å². The van der Waals surface area contributed by atoms with Crippen molar-refractivity contribution in [3.63, 3.8) is 0 Å². The summed E-state index contributed by atoms with van der Waals surface area (Å²) in [6, 6.07) is 12.7. The minimum Gasteiger partial charge on any atom is -0.308 e. The minimum absolute atomic E-state index is 0.0913. The van der Waals surface area contributed by atoms with Crippen molar-refractivity contribution in [2.24, 2.45) is 0 Å². The Morgan fingerprint density at radius 3 is 2.33 bits per heavy atom. The number of urea groups is 1. The number of anilines is 2. The summed E-state index contributed by atoms with van der Waals surface area (Å²) in [7, 11) is -3.89. The zero-order chi connectivity index (χ0) is 19.4. The van der Waals surface area contributed by atoms with Crippen molar-refractivity contribution in [3.8, 4) is 0 Å². The third-order valence-electron chi connectivity index (χ3n) is 3.36. The molecule has 2 amide bonds. The average molecular weight is 404 g/mol. The molecule has 0 aliphatic rings. The Labute approximate surface area is 157 Å². The summed E-state index contributed by atoms with van der Waals surface area (Å²) < 4.78 is 25.1. The molecule has 0 bridgehead atoms. The number of amides is 2. The van der Waals surface area contributed by atoms with Crippen molar-refractivity contribution in [1.82, 2.24) is 4.98 Å². The van der Waals surface area contributed by atoms with Gasteiger partial charge in [-0.3, -0.25) is 15.4 Å². The number of thiazole rings is 1. The van der Waals surface area contributed by atoms with Gasteiger partial charge in [0.25, 0.3) is 5.69 Å². The van der Waals surface area contributed by atoms with Gasteiger partial charge in [0.05, 0.1) is 16.0 Å². The molecule has 0 unspecified atom stereocenters. The van der Waals surface area contributed by atoms with Crippen LogP contribution in [0.15, 0.2) is 69.9 Å². The van der Waals surface area contributed by atoms with Crippen LogP contribution in [0.25, 0.3) is 0 Å². The number of hydrogen-bond donors (Lipinski definition) is 2. The zero-order valence-corrected chi connectivity index (χ0v) is 15.2. The molecule has 1 heterocycles. The number of sulfone groups is 1. The standard InChI is InChI=1S/C16H12N4O5S2/c21-15(18-11-4-2-1-3-5-11)19-16-17-10-14(26-16)27(24,25)13-8-6-12(7-9-13)20(22)23/h1-10H,(H2,17,18,19,21). The maximum atomic E-state index is 12.6. The first kappa shape index (κ1) is 18.5. The SMILES string of the molecule is O=C(Nc1ccccc1)Nc1ncc(S(=O)(=O)c2ccc([N+](=O)[O-])cc2)s1. The van der Waals surface area contributed by atoms with Crippen LogP contribution in [-0.2, 0) is 9.84 Å². The Hall–Kier alpha value is -3.31. The highest BCUT2D eigenvalue weighted by molar-refractivity contribution is 7.93. The maximum Gasteiger partial charge on any atom is 0.325 e. The summed E-state index contributed by atoms with van der Waals surface area (Å²) in [4.78, 5) is 25.8. The molecule has 2 aromatic carbocycles. The van der Waals surface area contributed by atoms with Crippen molar-refractivity contribution >= 4 is 43.7 Å². The van der Waals surface area contributed by atoms with E-state index in [-0.39, 0.29) is 19.9 Å². The second kappa shape index (κ2) is 7.51. The summed E-state index contributed by atoms with van der Waals surface area (Å²) >= 11 is 0.779. The van der Waals surface area contributed by atoms with Gasteiger partial charge in [-0.15, -0.1) is 0 Å². The number of nitro groups is 1. The summed E-state index contributed by atoms with van der Waals surface area (Å²) in [6.07, 6.45) is 1.12. The smallest absolute Gasteiger partial charge is 0.308 e. The van der Waals surface area contributed by atoms with Gasteiger partial charge < -0.3 is 5.32 Å². The van der Waals surface area contributed by atoms with Crippen LogP contribution in [0.5, 0.6) is 0 Å². The molecule has 11 heteroatoms. The van der Waals surface area contributed by atoms with E-state index in [0.29, 0.717) is 5.69 Å². The Morgan fingerprint density at radius 1 is 1.04 bits per heavy atom. The van der Waals surface area contributed by atoms with Crippen LogP contribution in [0.3, 0.4) is 0 Å². The highest BCUT2D eigenvalue weighted by atomic mass is 32.2. The molecule has 0 saturated heterocycles. The number of carbonyl (C=O) groups is 1. The lowest BCUT2D eigenvalue weighted by atomic mass is 10.3. The third kappa shape index (κ3) is 4.27. The summed E-state index contributed by atoms with van der Waals surface area (Å²) in [5.41, 5.74) is 0.364. The monoisotopic (exact) mass is 404 g/mol. The maximum absolute atomic E-state index is 12.6. The van der Waals surface area contributed by atoms with E-state index in [1.807, 2.05) is 0 Å². The van der Waals surface area contributed by atoms with Gasteiger partial charge in [0.15, 0.2) is 5.13 Å². The van der Waals surface area contributed by atoms with Gasteiger partial charge in [0.2, 0.25) is 9.84 Å². The summed E-state index contributed by atoms with van der Waals surface area (Å²) in [6.45, 7) is 0. The molecule has 138 valence electrons. The van der Waals surface area contributed by atoms with Crippen LogP contribution in [0.2, 0.25) is 0 Å². The van der Waals surface area contributed by atoms with E-state index in [4.69, 9.17) is 0 Å². The Balaban J connectivity index is 1.74. The van der Waals surface area contributed by atoms with Crippen molar-refractivity contribution in [1.29, 1.82) is 0 Å². The molecule has 27 heavy (non-hydrogen) atoms. The molecular weight excluding hydrogens is 392 g/mol. The number of non-ortho nitro benzene ring substituents is 1. The zero-order valence-electron chi connectivity index (χ0n) is 13.5. The topological polar surface area (TPSA) is 131 Å². The highest BCUT2D eigenvalue weighted by Gasteiger charge is 2.22. The molecule has 0 radical (unpaired) electrons. The van der Waals surface area contributed by atoms with E-state index in [1.54, 1.807) is 30.3 Å². The van der Waals surface area contributed by atoms with Crippen LogP contribution < -0.4 is 10.6 Å². The predicted molar refractivity (Wildman–Crippen MR) is 99.7 cm³/mol. The van der Waals surface area contributed by atoms with Gasteiger partial charge in [-0.25, -0.2) is 18.2 Å². The van der Waals surface area contributed by atoms with E-state index < -0.39 is 20.8 Å². The van der Waals surface area contributed by atoms with Crippen LogP contribution in [0, 0.1) is 10.1 Å². The van der Waals surface area contributed by atoms with E-state index >= 15 is 0 Å². The van der Waals surface area contributed by atoms with Gasteiger partial charge in [-0.2, -0.15) is 0 Å². The lowest BCUT2D eigenvalue weighted by molar-refractivity contribution is -0.384. The molecule has 3 aromatic rings. The van der Waals surface area contributed by atoms with E-state index in [1.165, 1.54) is 0 Å². The Bertz CT molecular complexity index is 1080. The normalized spacial score (nSPS) is 11.0. The lowest BCUT2D eigenvalue weighted by Crippen LogP contribution is -2.19. The minimum atomic E-state index is -3.89. The average Bonchev–Trinajstić information content (AvgIpc) is 3.11. The molecule has 0 atom stereocenters. The molecule has 9 nitrogen and oxygen atoms in total. The number of nitro benzene ring substituents is 1. The number of hydrogen-bond acceptors (Lipinski definition) is 7. The fraction of sp³-hybridized carbons (Fsp3) is 0. The number of aromatic nitrogens is 1. The van der Waals surface area contributed by atoms with Crippen LogP contribution in [0.4, 0.5) is 21.3 Å². The first-order valence-electron chi connectivity index (χ1n) is 7.45. The molecule has 1 aromatic heterocycles. The van der Waals surface area contributed by atoms with Crippen LogP contribution in [-0.4, -0.2) is 24.4 Å². The second-order valence-corrected chi connectivity index (χ2v) is 8.39. The Kier molecular flexibility index (Phi) is 5.14. The number of rotatable bonds is 5. The number of carbonyl (C=O) groups excluding carboxylic acids is 1. The number of benzene rings is 2. The van der Waals surface area contributed by atoms with Crippen molar-refractivity contribution in [2.75, 3.05) is 10.6 Å². The van der Waals surface area contributed by atoms with Crippen LogP contribution in [0.1, 0.15) is 0 Å². The van der Waals surface area contributed by atoms with Gasteiger partial charge in [-0.05, 0) is 24.3 Å². The first-order chi connectivity index (χ1) is 12.9. The number of nitrogens with zero attached hydrogens (tertiary/aromatic N) is 2. The van der Waals surface area contributed by atoms with E-state index in [0.717, 1.165) is 41.8 Å². The molecule has 3 rings (SSSR count). The van der Waals surface area contributed by atoms with Gasteiger partial charge in [0, 0.05) is 17.8 Å². The highest BCUT2D eigenvalue weighted by Crippen LogP contribution is 2.29. The first-order valence-corrected chi connectivity index (χ1v) is 9.74. The Morgan fingerprint density at radius 2 is 1.70 bits per heavy atom. The van der Waals surface area contributed by atoms with Crippen molar-refractivity contribution in [3.05, 3.63) is 70.9 Å². The van der Waals surface area contributed by atoms with E-state index in [2.05, 4.69) is 15.6 Å². The van der Waals surface area contributed by atoms with Crippen molar-refractivity contribution < 1.29 is 18.1 Å². The molecule has 0 aliphatic heterocycles. The largest absolute Gasteiger partial charge is 0.325 e. The molecule has 0 spiro atoms. The predicted octanol–water partition coefficient (Wildman–Crippen LogP) is 3.53. The van der Waals surface area contributed by atoms with Crippen molar-refractivity contribution in [2.45, 2.75) is 9.10 Å². The number of nitrogens with one attached hydrogen (secondary N) is 2. The fourth-order valence-corrected chi connectivity index (χ4v) is 4.51. The molecular formula is C16H12N4O5S2. The van der Waals surface area contributed by atoms with Gasteiger partial charge in [-0.1, -0.05) is 29.5 Å². The second-order valence-electron chi connectivity index (χ2n) is 5.18. The lowest BCUT2D eigenvalue weighted by Gasteiger charge is -2.04. The summed E-state index contributed by atoms with van der Waals surface area (Å²) in [5, 5.41) is 15.8. The number of para-hydroxylation sites is 1.